The van der Waals surface area contributed by atoms with Crippen LogP contribution in [0, 0.1) is 0 Å². The Kier molecular flexibility index (Phi) is 3.68. The zero-order valence-electron chi connectivity index (χ0n) is 10.4. The van der Waals surface area contributed by atoms with Crippen molar-refractivity contribution in [1.82, 2.24) is 9.97 Å². The molecule has 0 amide bonds. The maximum atomic E-state index is 5.87. The number of halogens is 1. The molecular weight excluding hydrogens is 294 g/mol. The lowest BCUT2D eigenvalue weighted by molar-refractivity contribution is 1.09. The van der Waals surface area contributed by atoms with Crippen LogP contribution in [0.5, 0.6) is 0 Å². The fourth-order valence-corrected chi connectivity index (χ4v) is 2.73. The summed E-state index contributed by atoms with van der Waals surface area (Å²) >= 11 is 7.42. The van der Waals surface area contributed by atoms with E-state index in [2.05, 4.69) is 20.7 Å². The highest BCUT2D eigenvalue weighted by molar-refractivity contribution is 7.16. The molecule has 2 aromatic heterocycles. The summed E-state index contributed by atoms with van der Waals surface area (Å²) < 4.78 is 0. The Labute approximate surface area is 124 Å². The standard InChI is InChI=1S/C13H12ClN5S/c14-9-3-1-8(2-4-9)7-16-11-10-5-6-20-12(10)18-13(17-11)19-15/h1-6H,7,15H2,(H2,16,17,18,19). The summed E-state index contributed by atoms with van der Waals surface area (Å²) in [5, 5.41) is 7.00. The van der Waals surface area contributed by atoms with Crippen LogP contribution in [0.15, 0.2) is 35.7 Å². The molecule has 0 bridgehead atoms. The van der Waals surface area contributed by atoms with Crippen molar-refractivity contribution in [2.24, 2.45) is 5.84 Å². The van der Waals surface area contributed by atoms with Crippen molar-refractivity contribution in [3.63, 3.8) is 0 Å². The molecule has 5 nitrogen and oxygen atoms in total. The maximum Gasteiger partial charge on any atom is 0.240 e. The number of anilines is 2. The van der Waals surface area contributed by atoms with Crippen molar-refractivity contribution in [1.29, 1.82) is 0 Å². The molecule has 0 aliphatic heterocycles. The van der Waals surface area contributed by atoms with Gasteiger partial charge in [-0.15, -0.1) is 11.3 Å². The normalized spacial score (nSPS) is 10.7. The molecule has 0 unspecified atom stereocenters. The molecule has 0 aliphatic carbocycles. The van der Waals surface area contributed by atoms with Gasteiger partial charge in [-0.05, 0) is 29.1 Å². The number of thiophene rings is 1. The molecule has 0 saturated carbocycles. The van der Waals surface area contributed by atoms with Crippen molar-refractivity contribution >= 4 is 44.9 Å². The van der Waals surface area contributed by atoms with Gasteiger partial charge in [0.1, 0.15) is 10.6 Å². The van der Waals surface area contributed by atoms with Gasteiger partial charge >= 0.3 is 0 Å². The summed E-state index contributed by atoms with van der Waals surface area (Å²) in [7, 11) is 0. The van der Waals surface area contributed by atoms with Gasteiger partial charge in [-0.25, -0.2) is 10.8 Å². The van der Waals surface area contributed by atoms with Gasteiger partial charge in [-0.1, -0.05) is 23.7 Å². The first-order chi connectivity index (χ1) is 9.76. The van der Waals surface area contributed by atoms with Crippen LogP contribution in [0.2, 0.25) is 5.02 Å². The third kappa shape index (κ3) is 2.67. The number of hydrogen-bond acceptors (Lipinski definition) is 6. The number of aromatic nitrogens is 2. The molecule has 102 valence electrons. The van der Waals surface area contributed by atoms with E-state index in [1.807, 2.05) is 35.7 Å². The first-order valence-corrected chi connectivity index (χ1v) is 7.22. The van der Waals surface area contributed by atoms with Crippen LogP contribution in [0.25, 0.3) is 10.2 Å². The topological polar surface area (TPSA) is 75.9 Å². The van der Waals surface area contributed by atoms with Crippen LogP contribution in [-0.2, 0) is 6.54 Å². The third-order valence-corrected chi connectivity index (χ3v) is 3.89. The third-order valence-electron chi connectivity index (χ3n) is 2.83. The summed E-state index contributed by atoms with van der Waals surface area (Å²) in [5.74, 6) is 6.55. The summed E-state index contributed by atoms with van der Waals surface area (Å²) in [4.78, 5) is 9.54. The van der Waals surface area contributed by atoms with E-state index in [0.717, 1.165) is 26.6 Å². The highest BCUT2D eigenvalue weighted by atomic mass is 35.5. The lowest BCUT2D eigenvalue weighted by Gasteiger charge is -2.08. The van der Waals surface area contributed by atoms with E-state index >= 15 is 0 Å². The number of hydrazine groups is 1. The molecule has 20 heavy (non-hydrogen) atoms. The molecule has 3 aromatic rings. The minimum absolute atomic E-state index is 0.401. The average molecular weight is 306 g/mol. The van der Waals surface area contributed by atoms with Crippen LogP contribution >= 0.6 is 22.9 Å². The van der Waals surface area contributed by atoms with Crippen LogP contribution < -0.4 is 16.6 Å². The number of nitrogens with zero attached hydrogens (tertiary/aromatic N) is 2. The highest BCUT2D eigenvalue weighted by Crippen LogP contribution is 2.26. The summed E-state index contributed by atoms with van der Waals surface area (Å²) in [5.41, 5.74) is 3.61. The Morgan fingerprint density at radius 1 is 1.15 bits per heavy atom. The van der Waals surface area contributed by atoms with E-state index in [1.165, 1.54) is 0 Å². The van der Waals surface area contributed by atoms with E-state index in [4.69, 9.17) is 17.4 Å². The molecule has 0 fully saturated rings. The SMILES string of the molecule is NNc1nc(NCc2ccc(Cl)cc2)c2ccsc2n1. The molecule has 0 radical (unpaired) electrons. The predicted octanol–water partition coefficient (Wildman–Crippen LogP) is 3.24. The zero-order chi connectivity index (χ0) is 13.9. The Morgan fingerprint density at radius 3 is 2.70 bits per heavy atom. The molecular formula is C13H12ClN5S. The average Bonchev–Trinajstić information content (AvgIpc) is 2.94. The van der Waals surface area contributed by atoms with Gasteiger partial charge in [0.05, 0.1) is 5.39 Å². The second-order valence-corrected chi connectivity index (χ2v) is 5.49. The van der Waals surface area contributed by atoms with Crippen molar-refractivity contribution in [3.8, 4) is 0 Å². The highest BCUT2D eigenvalue weighted by Gasteiger charge is 2.08. The first kappa shape index (κ1) is 13.1. The van der Waals surface area contributed by atoms with E-state index < -0.39 is 0 Å². The Hall–Kier alpha value is -1.89. The minimum atomic E-state index is 0.401. The number of hydrogen-bond donors (Lipinski definition) is 3. The molecule has 0 aliphatic rings. The lowest BCUT2D eigenvalue weighted by atomic mass is 10.2. The summed E-state index contributed by atoms with van der Waals surface area (Å²) in [6.07, 6.45) is 0. The first-order valence-electron chi connectivity index (χ1n) is 5.96. The van der Waals surface area contributed by atoms with E-state index in [-0.39, 0.29) is 0 Å². The summed E-state index contributed by atoms with van der Waals surface area (Å²) in [6.45, 7) is 0.656. The summed E-state index contributed by atoms with van der Waals surface area (Å²) in [6, 6.07) is 9.68. The Bertz CT molecular complexity index is 725. The molecule has 3 rings (SSSR count). The number of benzene rings is 1. The van der Waals surface area contributed by atoms with E-state index in [0.29, 0.717) is 12.5 Å². The van der Waals surface area contributed by atoms with Crippen LogP contribution in [-0.4, -0.2) is 9.97 Å². The van der Waals surface area contributed by atoms with Crippen LogP contribution in [0.1, 0.15) is 5.56 Å². The second-order valence-electron chi connectivity index (χ2n) is 4.16. The quantitative estimate of drug-likeness (QED) is 0.509. The number of rotatable bonds is 4. The Balaban J connectivity index is 1.86. The van der Waals surface area contributed by atoms with E-state index in [1.54, 1.807) is 11.3 Å². The monoisotopic (exact) mass is 305 g/mol. The number of nitrogens with two attached hydrogens (primary N) is 1. The van der Waals surface area contributed by atoms with Crippen molar-refractivity contribution < 1.29 is 0 Å². The largest absolute Gasteiger partial charge is 0.365 e. The van der Waals surface area contributed by atoms with Crippen molar-refractivity contribution in [2.45, 2.75) is 6.54 Å². The van der Waals surface area contributed by atoms with Gasteiger partial charge in [-0.3, -0.25) is 5.43 Å². The maximum absolute atomic E-state index is 5.87. The lowest BCUT2D eigenvalue weighted by Crippen LogP contribution is -2.12. The van der Waals surface area contributed by atoms with Crippen molar-refractivity contribution in [2.75, 3.05) is 10.7 Å². The van der Waals surface area contributed by atoms with E-state index in [9.17, 15) is 0 Å². The smallest absolute Gasteiger partial charge is 0.240 e. The van der Waals surface area contributed by atoms with Crippen LogP contribution in [0.3, 0.4) is 0 Å². The number of nitrogens with one attached hydrogen (secondary N) is 2. The molecule has 4 N–H and O–H groups in total. The fourth-order valence-electron chi connectivity index (χ4n) is 1.84. The number of nitrogen functional groups attached to an aromatic ring is 1. The second kappa shape index (κ2) is 5.62. The molecule has 2 heterocycles. The fraction of sp³-hybridized carbons (Fsp3) is 0.0769. The molecule has 0 spiro atoms. The van der Waals surface area contributed by atoms with Gasteiger partial charge in [0.25, 0.3) is 0 Å². The van der Waals surface area contributed by atoms with Gasteiger partial charge in [0.2, 0.25) is 5.95 Å². The van der Waals surface area contributed by atoms with Crippen LogP contribution in [0.4, 0.5) is 11.8 Å². The van der Waals surface area contributed by atoms with Gasteiger partial charge in [-0.2, -0.15) is 4.98 Å². The molecule has 0 saturated heterocycles. The molecule has 1 aromatic carbocycles. The van der Waals surface area contributed by atoms with Gasteiger partial charge in [0, 0.05) is 11.6 Å². The van der Waals surface area contributed by atoms with Crippen molar-refractivity contribution in [3.05, 3.63) is 46.3 Å². The zero-order valence-corrected chi connectivity index (χ0v) is 12.0. The predicted molar refractivity (Wildman–Crippen MR) is 84.0 cm³/mol. The molecule has 0 atom stereocenters. The minimum Gasteiger partial charge on any atom is -0.365 e. The Morgan fingerprint density at radius 2 is 1.95 bits per heavy atom. The number of fused-ring (bicyclic) bond motifs is 1. The van der Waals surface area contributed by atoms with Gasteiger partial charge in [0.15, 0.2) is 0 Å². The van der Waals surface area contributed by atoms with Gasteiger partial charge < -0.3 is 5.32 Å². The molecule has 7 heteroatoms.